The lowest BCUT2D eigenvalue weighted by molar-refractivity contribution is -0.132. The second-order valence-corrected chi connectivity index (χ2v) is 8.21. The fourth-order valence-corrected chi connectivity index (χ4v) is 4.63. The van der Waals surface area contributed by atoms with E-state index in [1.54, 1.807) is 12.5 Å². The Balaban J connectivity index is 1.53. The Kier molecular flexibility index (Phi) is 5.62. The topological polar surface area (TPSA) is 63.9 Å². The minimum Gasteiger partial charge on any atom is -0.339 e. The van der Waals surface area contributed by atoms with Crippen molar-refractivity contribution < 1.29 is 4.79 Å². The first-order valence-corrected chi connectivity index (χ1v) is 10.8. The number of aromatic nitrogens is 4. The molecule has 1 aromatic carbocycles. The summed E-state index contributed by atoms with van der Waals surface area (Å²) in [6.45, 7) is 5.10. The number of thioether (sulfide) groups is 1. The average molecular weight is 396 g/mol. The summed E-state index contributed by atoms with van der Waals surface area (Å²) in [5, 5.41) is 6.19. The molecule has 1 amide bonds. The molecule has 3 heterocycles. The first-order chi connectivity index (χ1) is 13.7. The lowest BCUT2D eigenvalue weighted by atomic mass is 10.0. The fourth-order valence-electron chi connectivity index (χ4n) is 3.78. The highest BCUT2D eigenvalue weighted by Gasteiger charge is 2.25. The number of amides is 1. The molecule has 146 valence electrons. The van der Waals surface area contributed by atoms with E-state index in [4.69, 9.17) is 0 Å². The molecule has 1 aliphatic rings. The van der Waals surface area contributed by atoms with Crippen LogP contribution in [0.2, 0.25) is 0 Å². The van der Waals surface area contributed by atoms with Crippen molar-refractivity contribution in [3.8, 4) is 5.69 Å². The maximum atomic E-state index is 12.8. The molecule has 0 N–H and O–H groups in total. The molecule has 1 atom stereocenters. The maximum absolute atomic E-state index is 12.8. The molecule has 1 saturated heterocycles. The van der Waals surface area contributed by atoms with Gasteiger partial charge in [0.25, 0.3) is 0 Å². The van der Waals surface area contributed by atoms with E-state index in [2.05, 4.69) is 45.9 Å². The van der Waals surface area contributed by atoms with Gasteiger partial charge >= 0.3 is 0 Å². The number of hydrogen-bond acceptors (Lipinski definition) is 5. The molecule has 0 saturated carbocycles. The molecule has 6 nitrogen and oxygen atoms in total. The Hall–Kier alpha value is -2.41. The highest BCUT2D eigenvalue weighted by atomic mass is 32.2. The summed E-state index contributed by atoms with van der Waals surface area (Å²) in [5.41, 5.74) is 2.93. The molecule has 1 fully saturated rings. The van der Waals surface area contributed by atoms with Crippen LogP contribution in [-0.2, 0) is 4.79 Å². The fraction of sp³-hybridized carbons (Fsp3) is 0.429. The molecular formula is C21H25N5OS. The van der Waals surface area contributed by atoms with Gasteiger partial charge in [-0.1, -0.05) is 36.4 Å². The van der Waals surface area contributed by atoms with Crippen molar-refractivity contribution in [3.05, 3.63) is 42.4 Å². The third-order valence-corrected chi connectivity index (χ3v) is 6.35. The van der Waals surface area contributed by atoms with Crippen molar-refractivity contribution in [1.82, 2.24) is 24.6 Å². The summed E-state index contributed by atoms with van der Waals surface area (Å²) in [5.74, 6) is 0.604. The number of carbonyl (C=O) groups is 1. The molecule has 2 aromatic heterocycles. The molecule has 0 radical (unpaired) electrons. The van der Waals surface area contributed by atoms with E-state index >= 15 is 0 Å². The van der Waals surface area contributed by atoms with Gasteiger partial charge in [-0.2, -0.15) is 5.10 Å². The van der Waals surface area contributed by atoms with Crippen molar-refractivity contribution in [3.63, 3.8) is 0 Å². The third kappa shape index (κ3) is 3.76. The summed E-state index contributed by atoms with van der Waals surface area (Å²) in [6, 6.07) is 8.56. The zero-order valence-electron chi connectivity index (χ0n) is 16.3. The number of piperidine rings is 1. The SMILES string of the molecule is CC[C@@H]1CCCCN1C(=O)CSc1ncnc2c1cnn2-c1ccc(C)cc1. The predicted molar refractivity (Wildman–Crippen MR) is 112 cm³/mol. The quantitative estimate of drug-likeness (QED) is 0.482. The standard InChI is InChI=1S/C21H25N5OS/c1-3-16-6-4-5-11-25(16)19(27)13-28-21-18-12-24-26(20(18)22-14-23-21)17-9-7-15(2)8-10-17/h7-10,12,14,16H,3-6,11,13H2,1-2H3/t16-/m1/s1. The van der Waals surface area contributed by atoms with Crippen LogP contribution in [0.4, 0.5) is 0 Å². The normalized spacial score (nSPS) is 17.2. The number of nitrogens with zero attached hydrogens (tertiary/aromatic N) is 5. The van der Waals surface area contributed by atoms with Crippen LogP contribution in [-0.4, -0.2) is 48.9 Å². The summed E-state index contributed by atoms with van der Waals surface area (Å²) < 4.78 is 1.82. The van der Waals surface area contributed by atoms with Gasteiger partial charge in [0.05, 0.1) is 23.0 Å². The van der Waals surface area contributed by atoms with Gasteiger partial charge in [0, 0.05) is 12.6 Å². The van der Waals surface area contributed by atoms with Crippen LogP contribution < -0.4 is 0 Å². The Morgan fingerprint density at radius 3 is 2.82 bits per heavy atom. The number of benzene rings is 1. The molecule has 28 heavy (non-hydrogen) atoms. The summed E-state index contributed by atoms with van der Waals surface area (Å²) >= 11 is 1.48. The van der Waals surface area contributed by atoms with Gasteiger partial charge in [0.15, 0.2) is 5.65 Å². The first kappa shape index (κ1) is 18.9. The van der Waals surface area contributed by atoms with Crippen LogP contribution in [0.1, 0.15) is 38.2 Å². The zero-order chi connectivity index (χ0) is 19.5. The molecule has 1 aliphatic heterocycles. The minimum absolute atomic E-state index is 0.203. The van der Waals surface area contributed by atoms with Crippen molar-refractivity contribution in [2.45, 2.75) is 50.6 Å². The van der Waals surface area contributed by atoms with Crippen molar-refractivity contribution in [2.24, 2.45) is 0 Å². The van der Waals surface area contributed by atoms with Crippen LogP contribution in [0.15, 0.2) is 41.8 Å². The number of hydrogen-bond donors (Lipinski definition) is 0. The summed E-state index contributed by atoms with van der Waals surface area (Å²) in [4.78, 5) is 23.7. The number of aryl methyl sites for hydroxylation is 1. The molecule has 0 bridgehead atoms. The van der Waals surface area contributed by atoms with Crippen LogP contribution in [0, 0.1) is 6.92 Å². The summed E-state index contributed by atoms with van der Waals surface area (Å²) in [6.07, 6.45) is 7.81. The van der Waals surface area contributed by atoms with Crippen LogP contribution >= 0.6 is 11.8 Å². The number of rotatable bonds is 5. The highest BCUT2D eigenvalue weighted by Crippen LogP contribution is 2.27. The third-order valence-electron chi connectivity index (χ3n) is 5.36. The minimum atomic E-state index is 0.203. The van der Waals surface area contributed by atoms with E-state index in [0.29, 0.717) is 11.8 Å². The Labute approximate surface area is 169 Å². The van der Waals surface area contributed by atoms with E-state index in [-0.39, 0.29) is 5.91 Å². The maximum Gasteiger partial charge on any atom is 0.233 e. The molecular weight excluding hydrogens is 370 g/mol. The first-order valence-electron chi connectivity index (χ1n) is 9.85. The molecule has 7 heteroatoms. The van der Waals surface area contributed by atoms with Crippen LogP contribution in [0.3, 0.4) is 0 Å². The number of likely N-dealkylation sites (tertiary alicyclic amines) is 1. The molecule has 0 spiro atoms. The van der Waals surface area contributed by atoms with E-state index in [1.165, 1.54) is 23.7 Å². The monoisotopic (exact) mass is 395 g/mol. The number of fused-ring (bicyclic) bond motifs is 1. The molecule has 3 aromatic rings. The number of carbonyl (C=O) groups excluding carboxylic acids is 1. The highest BCUT2D eigenvalue weighted by molar-refractivity contribution is 8.00. The molecule has 4 rings (SSSR count). The van der Waals surface area contributed by atoms with Gasteiger partial charge in [-0.3, -0.25) is 4.79 Å². The zero-order valence-corrected chi connectivity index (χ0v) is 17.2. The van der Waals surface area contributed by atoms with Gasteiger partial charge in [0.2, 0.25) is 5.91 Å². The largest absolute Gasteiger partial charge is 0.339 e. The molecule has 0 unspecified atom stereocenters. The van der Waals surface area contributed by atoms with Crippen molar-refractivity contribution in [1.29, 1.82) is 0 Å². The Morgan fingerprint density at radius 2 is 2.04 bits per heavy atom. The van der Waals surface area contributed by atoms with E-state index in [9.17, 15) is 4.79 Å². The Bertz CT molecular complexity index is 969. The van der Waals surface area contributed by atoms with Crippen LogP contribution in [0.25, 0.3) is 16.7 Å². The van der Waals surface area contributed by atoms with Crippen LogP contribution in [0.5, 0.6) is 0 Å². The van der Waals surface area contributed by atoms with E-state index in [0.717, 1.165) is 47.6 Å². The van der Waals surface area contributed by atoms with Crippen molar-refractivity contribution >= 4 is 28.7 Å². The lowest BCUT2D eigenvalue weighted by Crippen LogP contribution is -2.44. The van der Waals surface area contributed by atoms with Gasteiger partial charge < -0.3 is 4.90 Å². The van der Waals surface area contributed by atoms with Gasteiger partial charge in [-0.25, -0.2) is 14.6 Å². The van der Waals surface area contributed by atoms with Crippen molar-refractivity contribution in [2.75, 3.05) is 12.3 Å². The second-order valence-electron chi connectivity index (χ2n) is 7.24. The second kappa shape index (κ2) is 8.31. The Morgan fingerprint density at radius 1 is 1.21 bits per heavy atom. The van der Waals surface area contributed by atoms with E-state index < -0.39 is 0 Å². The van der Waals surface area contributed by atoms with Gasteiger partial charge in [-0.05, 0) is 44.7 Å². The lowest BCUT2D eigenvalue weighted by Gasteiger charge is -2.35. The van der Waals surface area contributed by atoms with Gasteiger partial charge in [0.1, 0.15) is 11.4 Å². The average Bonchev–Trinajstić information content (AvgIpc) is 3.17. The summed E-state index contributed by atoms with van der Waals surface area (Å²) in [7, 11) is 0. The van der Waals surface area contributed by atoms with Gasteiger partial charge in [-0.15, -0.1) is 0 Å². The molecule has 0 aliphatic carbocycles. The smallest absolute Gasteiger partial charge is 0.233 e. The predicted octanol–water partition coefficient (Wildman–Crippen LogP) is 4.01. The van der Waals surface area contributed by atoms with E-state index in [1.807, 2.05) is 16.8 Å².